The highest BCUT2D eigenvalue weighted by molar-refractivity contribution is 6.22. The van der Waals surface area contributed by atoms with Gasteiger partial charge in [-0.25, -0.2) is 9.78 Å². The minimum Gasteiger partial charge on any atom is -0.462 e. The van der Waals surface area contributed by atoms with Crippen molar-refractivity contribution in [1.82, 2.24) is 9.88 Å². The van der Waals surface area contributed by atoms with Gasteiger partial charge in [-0.05, 0) is 50.1 Å². The number of pyridine rings is 1. The van der Waals surface area contributed by atoms with E-state index in [1.54, 1.807) is 6.92 Å². The number of nitrogens with zero attached hydrogens (tertiary/aromatic N) is 2. The zero-order valence-electron chi connectivity index (χ0n) is 17.2. The molecule has 0 saturated heterocycles. The number of fused-ring (bicyclic) bond motifs is 1. The maximum atomic E-state index is 12.9. The quantitative estimate of drug-likeness (QED) is 0.586. The third kappa shape index (κ3) is 4.05. The Hall–Kier alpha value is -3.55. The van der Waals surface area contributed by atoms with E-state index in [9.17, 15) is 19.2 Å². The molecule has 1 aliphatic carbocycles. The summed E-state index contributed by atoms with van der Waals surface area (Å²) in [4.78, 5) is 55.7. The SMILES string of the molecule is CCOC(=O)c1ccnc(NC(=O)c2ccc3c(c2)C(=O)N(C2CCCCC2)C3=O)c1. The molecule has 31 heavy (non-hydrogen) atoms. The van der Waals surface area contributed by atoms with Gasteiger partial charge >= 0.3 is 5.97 Å². The Bertz CT molecular complexity index is 1060. The number of rotatable bonds is 5. The van der Waals surface area contributed by atoms with Crippen molar-refractivity contribution < 1.29 is 23.9 Å². The van der Waals surface area contributed by atoms with Crippen LogP contribution in [0, 0.1) is 0 Å². The average molecular weight is 421 g/mol. The van der Waals surface area contributed by atoms with Crippen molar-refractivity contribution in [2.75, 3.05) is 11.9 Å². The van der Waals surface area contributed by atoms with Crippen LogP contribution in [0.5, 0.6) is 0 Å². The molecule has 0 bridgehead atoms. The summed E-state index contributed by atoms with van der Waals surface area (Å²) >= 11 is 0. The number of imide groups is 1. The van der Waals surface area contributed by atoms with Gasteiger partial charge in [0.2, 0.25) is 0 Å². The van der Waals surface area contributed by atoms with E-state index < -0.39 is 11.9 Å². The van der Waals surface area contributed by atoms with Crippen LogP contribution in [0.1, 0.15) is 80.5 Å². The third-order valence-electron chi connectivity index (χ3n) is 5.63. The molecule has 0 radical (unpaired) electrons. The predicted octanol–water partition coefficient (Wildman–Crippen LogP) is 3.44. The van der Waals surface area contributed by atoms with E-state index in [1.165, 1.54) is 41.4 Å². The van der Waals surface area contributed by atoms with Gasteiger partial charge in [0.25, 0.3) is 17.7 Å². The highest BCUT2D eigenvalue weighted by atomic mass is 16.5. The lowest BCUT2D eigenvalue weighted by atomic mass is 9.94. The molecule has 1 aromatic carbocycles. The van der Waals surface area contributed by atoms with Crippen LogP contribution in [0.25, 0.3) is 0 Å². The van der Waals surface area contributed by atoms with Crippen LogP contribution in [0.2, 0.25) is 0 Å². The molecule has 8 heteroatoms. The Labute approximate surface area is 179 Å². The minimum atomic E-state index is -0.509. The van der Waals surface area contributed by atoms with Crippen molar-refractivity contribution in [2.24, 2.45) is 0 Å². The second kappa shape index (κ2) is 8.67. The lowest BCUT2D eigenvalue weighted by molar-refractivity contribution is 0.0521. The number of aromatic nitrogens is 1. The molecule has 2 heterocycles. The molecule has 4 rings (SSSR count). The number of ether oxygens (including phenoxy) is 1. The summed E-state index contributed by atoms with van der Waals surface area (Å²) < 4.78 is 4.95. The summed E-state index contributed by atoms with van der Waals surface area (Å²) in [7, 11) is 0. The minimum absolute atomic E-state index is 0.0757. The van der Waals surface area contributed by atoms with Crippen LogP contribution in [0.3, 0.4) is 0 Å². The summed E-state index contributed by atoms with van der Waals surface area (Å²) in [5, 5.41) is 2.62. The summed E-state index contributed by atoms with van der Waals surface area (Å²) in [6.45, 7) is 1.94. The summed E-state index contributed by atoms with van der Waals surface area (Å²) in [5.74, 6) is -1.45. The average Bonchev–Trinajstić information content (AvgIpc) is 3.04. The molecule has 2 aliphatic rings. The number of amides is 3. The van der Waals surface area contributed by atoms with Crippen molar-refractivity contribution in [3.8, 4) is 0 Å². The van der Waals surface area contributed by atoms with Crippen LogP contribution in [0.4, 0.5) is 5.82 Å². The second-order valence-corrected chi connectivity index (χ2v) is 7.64. The first-order chi connectivity index (χ1) is 15.0. The Morgan fingerprint density at radius 2 is 1.77 bits per heavy atom. The Balaban J connectivity index is 1.53. The van der Waals surface area contributed by atoms with Gasteiger partial charge in [0.1, 0.15) is 5.82 Å². The van der Waals surface area contributed by atoms with Crippen LogP contribution in [0.15, 0.2) is 36.5 Å². The zero-order chi connectivity index (χ0) is 22.0. The van der Waals surface area contributed by atoms with E-state index in [4.69, 9.17) is 4.74 Å². The zero-order valence-corrected chi connectivity index (χ0v) is 17.2. The van der Waals surface area contributed by atoms with E-state index in [0.717, 1.165) is 32.1 Å². The van der Waals surface area contributed by atoms with Crippen LogP contribution in [-0.4, -0.2) is 46.2 Å². The van der Waals surface area contributed by atoms with Gasteiger partial charge in [0, 0.05) is 17.8 Å². The van der Waals surface area contributed by atoms with E-state index >= 15 is 0 Å². The first kappa shape index (κ1) is 20.7. The fourth-order valence-electron chi connectivity index (χ4n) is 4.10. The molecular formula is C23H23N3O5. The van der Waals surface area contributed by atoms with Gasteiger partial charge in [-0.1, -0.05) is 19.3 Å². The van der Waals surface area contributed by atoms with Crippen LogP contribution in [-0.2, 0) is 4.74 Å². The van der Waals surface area contributed by atoms with Crippen molar-refractivity contribution in [3.05, 3.63) is 58.8 Å². The first-order valence-electron chi connectivity index (χ1n) is 10.5. The highest BCUT2D eigenvalue weighted by Gasteiger charge is 2.40. The first-order valence-corrected chi connectivity index (χ1v) is 10.5. The molecular weight excluding hydrogens is 398 g/mol. The Morgan fingerprint density at radius 1 is 1.03 bits per heavy atom. The molecule has 3 amide bonds. The molecule has 2 aromatic rings. The second-order valence-electron chi connectivity index (χ2n) is 7.64. The fraction of sp³-hybridized carbons (Fsp3) is 0.348. The van der Waals surface area contributed by atoms with Crippen molar-refractivity contribution in [3.63, 3.8) is 0 Å². The maximum Gasteiger partial charge on any atom is 0.338 e. The number of carbonyl (C=O) groups is 4. The molecule has 0 atom stereocenters. The van der Waals surface area contributed by atoms with Gasteiger partial charge in [-0.2, -0.15) is 0 Å². The smallest absolute Gasteiger partial charge is 0.338 e. The monoisotopic (exact) mass is 421 g/mol. The van der Waals surface area contributed by atoms with Gasteiger partial charge < -0.3 is 10.1 Å². The van der Waals surface area contributed by atoms with E-state index in [-0.39, 0.29) is 47.0 Å². The predicted molar refractivity (Wildman–Crippen MR) is 112 cm³/mol. The molecule has 8 nitrogen and oxygen atoms in total. The van der Waals surface area contributed by atoms with E-state index in [0.29, 0.717) is 5.56 Å². The number of anilines is 1. The van der Waals surface area contributed by atoms with Crippen molar-refractivity contribution in [1.29, 1.82) is 0 Å². The largest absolute Gasteiger partial charge is 0.462 e. The molecule has 0 unspecified atom stereocenters. The fourth-order valence-corrected chi connectivity index (χ4v) is 4.10. The number of hydrogen-bond acceptors (Lipinski definition) is 6. The lowest BCUT2D eigenvalue weighted by Gasteiger charge is -2.29. The van der Waals surface area contributed by atoms with E-state index in [1.807, 2.05) is 0 Å². The number of benzene rings is 1. The van der Waals surface area contributed by atoms with Gasteiger partial charge in [0.15, 0.2) is 0 Å². The Morgan fingerprint density at radius 3 is 2.52 bits per heavy atom. The number of esters is 1. The van der Waals surface area contributed by atoms with Crippen LogP contribution >= 0.6 is 0 Å². The topological polar surface area (TPSA) is 106 Å². The van der Waals surface area contributed by atoms with Crippen molar-refractivity contribution in [2.45, 2.75) is 45.1 Å². The maximum absolute atomic E-state index is 12.9. The van der Waals surface area contributed by atoms with Crippen molar-refractivity contribution >= 4 is 29.5 Å². The van der Waals surface area contributed by atoms with Crippen LogP contribution < -0.4 is 5.32 Å². The highest BCUT2D eigenvalue weighted by Crippen LogP contribution is 2.31. The molecule has 0 spiro atoms. The normalized spacial score (nSPS) is 16.2. The van der Waals surface area contributed by atoms with E-state index in [2.05, 4.69) is 10.3 Å². The van der Waals surface area contributed by atoms with Gasteiger partial charge in [0.05, 0.1) is 23.3 Å². The standard InChI is InChI=1S/C23H23N3O5/c1-2-31-23(30)15-10-11-24-19(13-15)25-20(27)14-8-9-17-18(12-14)22(29)26(21(17)28)16-6-4-3-5-7-16/h8-13,16H,2-7H2,1H3,(H,24,25,27). The molecule has 1 aliphatic heterocycles. The number of carbonyl (C=O) groups excluding carboxylic acids is 4. The molecule has 1 fully saturated rings. The lowest BCUT2D eigenvalue weighted by Crippen LogP contribution is -2.40. The third-order valence-corrected chi connectivity index (χ3v) is 5.63. The molecule has 1 saturated carbocycles. The summed E-state index contributed by atoms with van der Waals surface area (Å²) in [5.41, 5.74) is 1.07. The summed E-state index contributed by atoms with van der Waals surface area (Å²) in [6, 6.07) is 7.32. The molecule has 1 aromatic heterocycles. The van der Waals surface area contributed by atoms with Gasteiger partial charge in [-0.15, -0.1) is 0 Å². The molecule has 160 valence electrons. The number of nitrogens with one attached hydrogen (secondary N) is 1. The molecule has 1 N–H and O–H groups in total. The summed E-state index contributed by atoms with van der Waals surface area (Å²) in [6.07, 6.45) is 6.17. The van der Waals surface area contributed by atoms with Gasteiger partial charge in [-0.3, -0.25) is 19.3 Å². The Kier molecular flexibility index (Phi) is 5.79. The number of hydrogen-bond donors (Lipinski definition) is 1.